The molecule has 10 rings (SSSR count). The summed E-state index contributed by atoms with van der Waals surface area (Å²) in [4.78, 5) is 0. The standard InChI is InChI=1S/C43H26N4/c44-27-28-19-21-36-40(25-28)46(31-20-22-34-32-15-7-9-17-37(32)45(41(34)26-31)29-11-3-1-4-12-29)39-24-23-35-33-16-8-10-18-38(33)47(43(35)42(36)39)30-13-5-2-6-14-30/h1-26H. The molecule has 3 aromatic heterocycles. The maximum Gasteiger partial charge on any atom is 0.0992 e. The van der Waals surface area contributed by atoms with Gasteiger partial charge in [0.2, 0.25) is 0 Å². The first-order valence-corrected chi connectivity index (χ1v) is 15.8. The maximum absolute atomic E-state index is 10.0. The summed E-state index contributed by atoms with van der Waals surface area (Å²) in [5.41, 5.74) is 10.7. The first-order valence-electron chi connectivity index (χ1n) is 15.8. The van der Waals surface area contributed by atoms with E-state index in [1.54, 1.807) is 0 Å². The number of rotatable bonds is 3. The van der Waals surface area contributed by atoms with Gasteiger partial charge in [-0.2, -0.15) is 5.26 Å². The number of benzene rings is 7. The van der Waals surface area contributed by atoms with Crippen molar-refractivity contribution in [2.75, 3.05) is 0 Å². The minimum absolute atomic E-state index is 0.640. The van der Waals surface area contributed by atoms with E-state index in [2.05, 4.69) is 165 Å². The fourth-order valence-electron chi connectivity index (χ4n) is 7.70. The molecule has 3 heterocycles. The second kappa shape index (κ2) is 9.71. The molecule has 0 atom stereocenters. The lowest BCUT2D eigenvalue weighted by atomic mass is 10.1. The van der Waals surface area contributed by atoms with Gasteiger partial charge in [-0.25, -0.2) is 0 Å². The van der Waals surface area contributed by atoms with Crippen LogP contribution in [0.25, 0.3) is 82.5 Å². The molecule has 0 spiro atoms. The highest BCUT2D eigenvalue weighted by atomic mass is 15.0. The predicted octanol–water partition coefficient (Wildman–Crippen LogP) is 10.8. The van der Waals surface area contributed by atoms with Crippen molar-refractivity contribution in [3.63, 3.8) is 0 Å². The van der Waals surface area contributed by atoms with Crippen LogP contribution in [0.3, 0.4) is 0 Å². The molecule has 0 aliphatic rings. The minimum Gasteiger partial charge on any atom is -0.309 e. The molecular formula is C43H26N4. The van der Waals surface area contributed by atoms with Crippen LogP contribution in [0.5, 0.6) is 0 Å². The number of nitriles is 1. The Morgan fingerprint density at radius 3 is 1.62 bits per heavy atom. The Morgan fingerprint density at radius 1 is 0.362 bits per heavy atom. The summed E-state index contributed by atoms with van der Waals surface area (Å²) in [6, 6.07) is 58.2. The van der Waals surface area contributed by atoms with Gasteiger partial charge in [0.15, 0.2) is 0 Å². The van der Waals surface area contributed by atoms with Crippen LogP contribution in [0.1, 0.15) is 5.56 Å². The van der Waals surface area contributed by atoms with Crippen molar-refractivity contribution in [2.45, 2.75) is 0 Å². The fourth-order valence-corrected chi connectivity index (χ4v) is 7.70. The fraction of sp³-hybridized carbons (Fsp3) is 0. The van der Waals surface area contributed by atoms with Crippen molar-refractivity contribution in [3.05, 3.63) is 163 Å². The van der Waals surface area contributed by atoms with Crippen LogP contribution in [0.15, 0.2) is 158 Å². The van der Waals surface area contributed by atoms with Crippen molar-refractivity contribution in [1.82, 2.24) is 13.7 Å². The predicted molar refractivity (Wildman–Crippen MR) is 194 cm³/mol. The largest absolute Gasteiger partial charge is 0.309 e. The van der Waals surface area contributed by atoms with Crippen LogP contribution in [0.4, 0.5) is 0 Å². The lowest BCUT2D eigenvalue weighted by Crippen LogP contribution is -1.97. The molecule has 0 unspecified atom stereocenters. The van der Waals surface area contributed by atoms with Gasteiger partial charge in [0.1, 0.15) is 0 Å². The monoisotopic (exact) mass is 598 g/mol. The third kappa shape index (κ3) is 3.57. The van der Waals surface area contributed by atoms with Gasteiger partial charge in [0.05, 0.1) is 44.7 Å². The second-order valence-electron chi connectivity index (χ2n) is 12.1. The number of para-hydroxylation sites is 4. The van der Waals surface area contributed by atoms with E-state index in [1.807, 2.05) is 12.1 Å². The van der Waals surface area contributed by atoms with Gasteiger partial charge >= 0.3 is 0 Å². The molecular weight excluding hydrogens is 573 g/mol. The Labute approximate surface area is 270 Å². The van der Waals surface area contributed by atoms with Crippen LogP contribution >= 0.6 is 0 Å². The van der Waals surface area contributed by atoms with E-state index in [0.717, 1.165) is 39.0 Å². The zero-order valence-corrected chi connectivity index (χ0v) is 25.3. The zero-order chi connectivity index (χ0) is 31.1. The van der Waals surface area contributed by atoms with Crippen LogP contribution in [0.2, 0.25) is 0 Å². The van der Waals surface area contributed by atoms with Gasteiger partial charge in [-0.05, 0) is 66.7 Å². The van der Waals surface area contributed by atoms with Crippen LogP contribution in [-0.4, -0.2) is 13.7 Å². The lowest BCUT2D eigenvalue weighted by molar-refractivity contribution is 1.15. The summed E-state index contributed by atoms with van der Waals surface area (Å²) in [7, 11) is 0. The second-order valence-corrected chi connectivity index (χ2v) is 12.1. The average molecular weight is 599 g/mol. The summed E-state index contributed by atoms with van der Waals surface area (Å²) in [5, 5.41) is 17.2. The quantitative estimate of drug-likeness (QED) is 0.199. The Bertz CT molecular complexity index is 2900. The van der Waals surface area contributed by atoms with Crippen molar-refractivity contribution in [1.29, 1.82) is 5.26 Å². The molecule has 0 radical (unpaired) electrons. The molecule has 0 N–H and O–H groups in total. The normalized spacial score (nSPS) is 11.8. The van der Waals surface area contributed by atoms with Crippen LogP contribution in [0, 0.1) is 11.3 Å². The third-order valence-corrected chi connectivity index (χ3v) is 9.64. The molecule has 47 heavy (non-hydrogen) atoms. The minimum atomic E-state index is 0.640. The number of nitrogens with zero attached hydrogens (tertiary/aromatic N) is 4. The van der Waals surface area contributed by atoms with Crippen molar-refractivity contribution < 1.29 is 0 Å². The van der Waals surface area contributed by atoms with E-state index >= 15 is 0 Å². The highest BCUT2D eigenvalue weighted by Crippen LogP contribution is 2.43. The number of aromatic nitrogens is 3. The van der Waals surface area contributed by atoms with Gasteiger partial charge in [0.25, 0.3) is 0 Å². The molecule has 218 valence electrons. The first kappa shape index (κ1) is 25.7. The summed E-state index contributed by atoms with van der Waals surface area (Å²) >= 11 is 0. The van der Waals surface area contributed by atoms with Crippen molar-refractivity contribution >= 4 is 65.4 Å². The first-order chi connectivity index (χ1) is 23.3. The maximum atomic E-state index is 10.0. The SMILES string of the molecule is N#Cc1ccc2c3c(ccc4c5ccccc5n(-c5ccccc5)c43)n(-c3ccc4c5ccccc5n(-c5ccccc5)c4c3)c2c1. The molecule has 4 nitrogen and oxygen atoms in total. The Balaban J connectivity index is 1.37. The molecule has 10 aromatic rings. The van der Waals surface area contributed by atoms with Crippen LogP contribution < -0.4 is 0 Å². The molecule has 0 saturated carbocycles. The molecule has 0 aliphatic carbocycles. The van der Waals surface area contributed by atoms with E-state index in [1.165, 1.54) is 43.5 Å². The Hall–Kier alpha value is -6.57. The van der Waals surface area contributed by atoms with Crippen LogP contribution in [-0.2, 0) is 0 Å². The van der Waals surface area contributed by atoms with Gasteiger partial charge < -0.3 is 13.7 Å². The number of hydrogen-bond acceptors (Lipinski definition) is 1. The van der Waals surface area contributed by atoms with E-state index in [-0.39, 0.29) is 0 Å². The molecule has 0 bridgehead atoms. The van der Waals surface area contributed by atoms with E-state index in [0.29, 0.717) is 5.56 Å². The van der Waals surface area contributed by atoms with E-state index in [9.17, 15) is 5.26 Å². The molecule has 0 aliphatic heterocycles. The molecule has 0 amide bonds. The van der Waals surface area contributed by atoms with Gasteiger partial charge in [-0.15, -0.1) is 0 Å². The van der Waals surface area contributed by atoms with E-state index < -0.39 is 0 Å². The Morgan fingerprint density at radius 2 is 0.894 bits per heavy atom. The average Bonchev–Trinajstić information content (AvgIpc) is 3.77. The summed E-state index contributed by atoms with van der Waals surface area (Å²) in [5.74, 6) is 0. The summed E-state index contributed by atoms with van der Waals surface area (Å²) in [6.45, 7) is 0. The topological polar surface area (TPSA) is 38.6 Å². The lowest BCUT2D eigenvalue weighted by Gasteiger charge is -2.12. The molecule has 0 fully saturated rings. The third-order valence-electron chi connectivity index (χ3n) is 9.64. The van der Waals surface area contributed by atoms with Crippen molar-refractivity contribution in [2.24, 2.45) is 0 Å². The number of fused-ring (bicyclic) bond motifs is 10. The van der Waals surface area contributed by atoms with E-state index in [4.69, 9.17) is 0 Å². The van der Waals surface area contributed by atoms with Gasteiger partial charge in [-0.3, -0.25) is 0 Å². The molecule has 4 heteroatoms. The van der Waals surface area contributed by atoms with Gasteiger partial charge in [-0.1, -0.05) is 91.0 Å². The Kier molecular flexibility index (Phi) is 5.32. The highest BCUT2D eigenvalue weighted by molar-refractivity contribution is 6.26. The highest BCUT2D eigenvalue weighted by Gasteiger charge is 2.22. The smallest absolute Gasteiger partial charge is 0.0992 e. The molecule has 7 aromatic carbocycles. The molecule has 0 saturated heterocycles. The zero-order valence-electron chi connectivity index (χ0n) is 25.3. The number of hydrogen-bond donors (Lipinski definition) is 0. The summed E-state index contributed by atoms with van der Waals surface area (Å²) in [6.07, 6.45) is 0. The van der Waals surface area contributed by atoms with Gasteiger partial charge in [0, 0.05) is 49.4 Å². The summed E-state index contributed by atoms with van der Waals surface area (Å²) < 4.78 is 7.09. The van der Waals surface area contributed by atoms with Crippen molar-refractivity contribution in [3.8, 4) is 23.1 Å².